The van der Waals surface area contributed by atoms with E-state index in [1.54, 1.807) is 23.1 Å². The third-order valence-corrected chi connectivity index (χ3v) is 6.61. The number of benzene rings is 2. The molecule has 1 aliphatic heterocycles. The highest BCUT2D eigenvalue weighted by Crippen LogP contribution is 2.28. The summed E-state index contributed by atoms with van der Waals surface area (Å²) in [7, 11) is -2.69. The summed E-state index contributed by atoms with van der Waals surface area (Å²) in [6.45, 7) is 6.14. The van der Waals surface area contributed by atoms with Gasteiger partial charge in [-0.25, -0.2) is 4.83 Å². The maximum atomic E-state index is 12.5. The molecule has 0 bridgehead atoms. The molecule has 1 fully saturated rings. The summed E-state index contributed by atoms with van der Waals surface area (Å²) < 4.78 is 41.6. The van der Waals surface area contributed by atoms with Gasteiger partial charge in [-0.05, 0) is 50.6 Å². The predicted molar refractivity (Wildman–Crippen MR) is 131 cm³/mol. The fraction of sp³-hybridized carbons (Fsp3) is 0.391. The Hall–Kier alpha value is -3.71. The number of methoxy groups -OCH3 is 1. The lowest BCUT2D eigenvalue weighted by Gasteiger charge is -2.35. The maximum Gasteiger partial charge on any atom is 0.276 e. The van der Waals surface area contributed by atoms with Crippen LogP contribution in [0.25, 0.3) is 0 Å². The van der Waals surface area contributed by atoms with E-state index >= 15 is 0 Å². The zero-order chi connectivity index (χ0) is 26.5. The van der Waals surface area contributed by atoms with Crippen LogP contribution in [-0.2, 0) is 19.6 Å². The molecule has 0 spiro atoms. The number of nitrogens with zero attached hydrogens (tertiary/aromatic N) is 3. The van der Waals surface area contributed by atoms with E-state index in [2.05, 4.69) is 5.10 Å². The van der Waals surface area contributed by atoms with E-state index in [0.29, 0.717) is 35.7 Å². The van der Waals surface area contributed by atoms with Gasteiger partial charge in [0.25, 0.3) is 21.6 Å². The zero-order valence-corrected chi connectivity index (χ0v) is 21.1. The minimum Gasteiger partial charge on any atom is -0.493 e. The number of hydrogen-bond donors (Lipinski definition) is 1. The van der Waals surface area contributed by atoms with Crippen LogP contribution in [0, 0.1) is 17.0 Å². The average Bonchev–Trinajstić information content (AvgIpc) is 2.82. The quantitative estimate of drug-likeness (QED) is 0.300. The topological polar surface area (TPSA) is 150 Å². The molecule has 194 valence electrons. The van der Waals surface area contributed by atoms with Gasteiger partial charge in [-0.2, -0.15) is 13.5 Å². The first-order chi connectivity index (χ1) is 17.0. The van der Waals surface area contributed by atoms with Crippen LogP contribution in [-0.4, -0.2) is 69.4 Å². The molecule has 1 amide bonds. The number of nitrogens with one attached hydrogen (secondary N) is 1. The molecule has 12 nitrogen and oxygen atoms in total. The van der Waals surface area contributed by atoms with E-state index in [4.69, 9.17) is 14.2 Å². The van der Waals surface area contributed by atoms with Gasteiger partial charge in [0.15, 0.2) is 18.1 Å². The number of ether oxygens (including phenoxy) is 3. The van der Waals surface area contributed by atoms with E-state index in [9.17, 15) is 23.3 Å². The minimum atomic E-state index is -4.12. The molecular formula is C23H28N4O8S. The standard InChI is InChI=1S/C23H28N4O8S/c1-15-5-7-19(10-20(15)27(29)30)36(31,32)25-24-11-18-6-8-21(22(9-18)33-4)34-14-23(28)26-12-16(2)35-17(3)13-26/h5-11,16-17,25H,12-14H2,1-4H3/b24-11-/t16-,17-/m0/s1. The highest BCUT2D eigenvalue weighted by atomic mass is 32.2. The number of nitro groups is 1. The van der Waals surface area contributed by atoms with Gasteiger partial charge < -0.3 is 19.1 Å². The van der Waals surface area contributed by atoms with Crippen molar-refractivity contribution < 1.29 is 32.3 Å². The lowest BCUT2D eigenvalue weighted by atomic mass is 10.2. The van der Waals surface area contributed by atoms with Gasteiger partial charge in [0.1, 0.15) is 0 Å². The van der Waals surface area contributed by atoms with Crippen LogP contribution < -0.4 is 14.3 Å². The lowest BCUT2D eigenvalue weighted by molar-refractivity contribution is -0.385. The van der Waals surface area contributed by atoms with Gasteiger partial charge in [0.2, 0.25) is 0 Å². The third-order valence-electron chi connectivity index (χ3n) is 5.39. The van der Waals surface area contributed by atoms with Gasteiger partial charge >= 0.3 is 0 Å². The van der Waals surface area contributed by atoms with Crippen molar-refractivity contribution >= 4 is 27.8 Å². The van der Waals surface area contributed by atoms with Crippen LogP contribution in [0.5, 0.6) is 11.5 Å². The van der Waals surface area contributed by atoms with Crippen LogP contribution in [0.2, 0.25) is 0 Å². The number of hydrazone groups is 1. The van der Waals surface area contributed by atoms with Crippen LogP contribution in [0.3, 0.4) is 0 Å². The minimum absolute atomic E-state index is 0.0515. The average molecular weight is 521 g/mol. The van der Waals surface area contributed by atoms with Crippen LogP contribution >= 0.6 is 0 Å². The number of morpholine rings is 1. The summed E-state index contributed by atoms with van der Waals surface area (Å²) in [4.78, 5) is 26.4. The first-order valence-corrected chi connectivity index (χ1v) is 12.5. The summed E-state index contributed by atoms with van der Waals surface area (Å²) in [5.41, 5.74) is 0.518. The number of carbonyl (C=O) groups excluding carboxylic acids is 1. The molecule has 1 N–H and O–H groups in total. The molecule has 2 aromatic rings. The van der Waals surface area contributed by atoms with Crippen LogP contribution in [0.4, 0.5) is 5.69 Å². The van der Waals surface area contributed by atoms with Crippen LogP contribution in [0.15, 0.2) is 46.4 Å². The van der Waals surface area contributed by atoms with Crippen molar-refractivity contribution in [1.29, 1.82) is 0 Å². The molecule has 2 atom stereocenters. The molecule has 1 aliphatic rings. The Bertz CT molecular complexity index is 1250. The fourth-order valence-electron chi connectivity index (χ4n) is 3.67. The number of amides is 1. The Kier molecular flexibility index (Phi) is 8.48. The molecule has 0 radical (unpaired) electrons. The highest BCUT2D eigenvalue weighted by molar-refractivity contribution is 7.89. The molecule has 1 saturated heterocycles. The number of aryl methyl sites for hydroxylation is 1. The number of nitro benzene ring substituents is 1. The number of carbonyl (C=O) groups is 1. The Labute approximate surface area is 209 Å². The second-order valence-corrected chi connectivity index (χ2v) is 9.97. The first kappa shape index (κ1) is 26.9. The van der Waals surface area contributed by atoms with Gasteiger partial charge in [0, 0.05) is 24.7 Å². The smallest absolute Gasteiger partial charge is 0.276 e. The SMILES string of the molecule is COc1cc(/C=N\NS(=O)(=O)c2ccc(C)c([N+](=O)[O-])c2)ccc1OCC(=O)N1C[C@H](C)O[C@@H](C)C1. The molecule has 0 unspecified atom stereocenters. The number of sulfonamides is 1. The summed E-state index contributed by atoms with van der Waals surface area (Å²) in [6.07, 6.45) is 1.14. The Morgan fingerprint density at radius 3 is 2.56 bits per heavy atom. The first-order valence-electron chi connectivity index (χ1n) is 11.0. The molecule has 2 aromatic carbocycles. The van der Waals surface area contributed by atoms with E-state index in [0.717, 1.165) is 6.07 Å². The normalized spacial score (nSPS) is 18.2. The van der Waals surface area contributed by atoms with Crippen molar-refractivity contribution in [3.05, 3.63) is 57.6 Å². The predicted octanol–water partition coefficient (Wildman–Crippen LogP) is 2.24. The van der Waals surface area contributed by atoms with Crippen LogP contribution in [0.1, 0.15) is 25.0 Å². The van der Waals surface area contributed by atoms with E-state index in [1.165, 1.54) is 32.4 Å². The largest absolute Gasteiger partial charge is 0.493 e. The monoisotopic (exact) mass is 520 g/mol. The molecule has 36 heavy (non-hydrogen) atoms. The molecule has 0 aromatic heterocycles. The van der Waals surface area contributed by atoms with Crippen molar-refractivity contribution in [1.82, 2.24) is 9.73 Å². The Morgan fingerprint density at radius 1 is 1.22 bits per heavy atom. The zero-order valence-electron chi connectivity index (χ0n) is 20.3. The molecule has 0 saturated carbocycles. The highest BCUT2D eigenvalue weighted by Gasteiger charge is 2.26. The third kappa shape index (κ3) is 6.70. The molecular weight excluding hydrogens is 492 g/mol. The Morgan fingerprint density at radius 2 is 1.92 bits per heavy atom. The van der Waals surface area contributed by atoms with Crippen molar-refractivity contribution in [2.75, 3.05) is 26.8 Å². The fourth-order valence-corrected chi connectivity index (χ4v) is 4.48. The van der Waals surface area contributed by atoms with Crippen molar-refractivity contribution in [3.63, 3.8) is 0 Å². The van der Waals surface area contributed by atoms with E-state index in [-0.39, 0.29) is 35.3 Å². The van der Waals surface area contributed by atoms with Crippen molar-refractivity contribution in [2.24, 2.45) is 5.10 Å². The Balaban J connectivity index is 1.64. The van der Waals surface area contributed by atoms with E-state index < -0.39 is 14.9 Å². The van der Waals surface area contributed by atoms with Gasteiger partial charge in [-0.15, -0.1) is 0 Å². The van der Waals surface area contributed by atoms with Crippen molar-refractivity contribution in [2.45, 2.75) is 37.9 Å². The molecule has 3 rings (SSSR count). The van der Waals surface area contributed by atoms with Gasteiger partial charge in [-0.1, -0.05) is 6.07 Å². The second-order valence-electron chi connectivity index (χ2n) is 8.31. The maximum absolute atomic E-state index is 12.5. The number of hydrogen-bond acceptors (Lipinski definition) is 9. The van der Waals surface area contributed by atoms with E-state index in [1.807, 2.05) is 18.7 Å². The second kappa shape index (κ2) is 11.4. The molecule has 1 heterocycles. The summed E-state index contributed by atoms with van der Waals surface area (Å²) in [5.74, 6) is 0.493. The van der Waals surface area contributed by atoms with Gasteiger partial charge in [-0.3, -0.25) is 14.9 Å². The lowest BCUT2D eigenvalue weighted by Crippen LogP contribution is -2.49. The summed E-state index contributed by atoms with van der Waals surface area (Å²) >= 11 is 0. The molecule has 13 heteroatoms. The number of rotatable bonds is 9. The summed E-state index contributed by atoms with van der Waals surface area (Å²) in [5, 5.41) is 14.8. The molecule has 0 aliphatic carbocycles. The van der Waals surface area contributed by atoms with Gasteiger partial charge in [0.05, 0.1) is 35.4 Å². The van der Waals surface area contributed by atoms with Crippen molar-refractivity contribution in [3.8, 4) is 11.5 Å². The summed E-state index contributed by atoms with van der Waals surface area (Å²) in [6, 6.07) is 8.33.